The lowest BCUT2D eigenvalue weighted by Crippen LogP contribution is -2.03. The summed E-state index contributed by atoms with van der Waals surface area (Å²) in [6.07, 6.45) is 0. The summed E-state index contributed by atoms with van der Waals surface area (Å²) in [5, 5.41) is 4.08. The highest BCUT2D eigenvalue weighted by Gasteiger charge is 2.05. The van der Waals surface area contributed by atoms with E-state index in [1.807, 2.05) is 43.3 Å². The fraction of sp³-hybridized carbons (Fsp3) is 0.143. The molecule has 0 radical (unpaired) electrons. The van der Waals surface area contributed by atoms with Crippen LogP contribution in [0.3, 0.4) is 0 Å². The molecule has 0 aliphatic heterocycles. The number of hydrogen-bond acceptors (Lipinski definition) is 2. The van der Waals surface area contributed by atoms with Crippen LogP contribution in [0.5, 0.6) is 0 Å². The minimum absolute atomic E-state index is 0.671. The molecule has 0 saturated carbocycles. The van der Waals surface area contributed by atoms with Crippen molar-refractivity contribution >= 4 is 38.9 Å². The standard InChI is InChI=1S/C14H14BrClN2/c1-9-6-11(15)14(7-12(9)16)18-8-10-4-2-3-5-13(10)17/h2-7,18H,8,17H2,1H3. The molecule has 0 spiro atoms. The fourth-order valence-electron chi connectivity index (χ4n) is 1.67. The Hall–Kier alpha value is -1.19. The quantitative estimate of drug-likeness (QED) is 0.809. The van der Waals surface area contributed by atoms with Crippen molar-refractivity contribution in [2.75, 3.05) is 11.1 Å². The van der Waals surface area contributed by atoms with Crippen molar-refractivity contribution in [1.29, 1.82) is 0 Å². The van der Waals surface area contributed by atoms with Crippen molar-refractivity contribution < 1.29 is 0 Å². The number of nitrogens with one attached hydrogen (secondary N) is 1. The van der Waals surface area contributed by atoms with Crippen LogP contribution in [-0.4, -0.2) is 0 Å². The summed E-state index contributed by atoms with van der Waals surface area (Å²) in [6.45, 7) is 2.65. The first-order valence-corrected chi connectivity index (χ1v) is 6.78. The molecule has 0 saturated heterocycles. The van der Waals surface area contributed by atoms with E-state index in [1.54, 1.807) is 0 Å². The fourth-order valence-corrected chi connectivity index (χ4v) is 2.43. The maximum absolute atomic E-state index is 6.11. The maximum Gasteiger partial charge on any atom is 0.0502 e. The van der Waals surface area contributed by atoms with Crippen LogP contribution in [0.15, 0.2) is 40.9 Å². The van der Waals surface area contributed by atoms with Gasteiger partial charge in [-0.05, 0) is 52.2 Å². The second kappa shape index (κ2) is 5.63. The molecule has 0 aromatic heterocycles. The molecule has 4 heteroatoms. The third-order valence-electron chi connectivity index (χ3n) is 2.77. The number of hydrogen-bond donors (Lipinski definition) is 2. The first-order chi connectivity index (χ1) is 8.58. The van der Waals surface area contributed by atoms with E-state index in [0.717, 1.165) is 32.0 Å². The molecule has 0 fully saturated rings. The van der Waals surface area contributed by atoms with E-state index in [9.17, 15) is 0 Å². The van der Waals surface area contributed by atoms with Gasteiger partial charge in [-0.15, -0.1) is 0 Å². The molecule has 0 amide bonds. The van der Waals surface area contributed by atoms with Crippen LogP contribution in [0.1, 0.15) is 11.1 Å². The molecule has 0 unspecified atom stereocenters. The molecule has 2 rings (SSSR count). The molecular weight excluding hydrogens is 312 g/mol. The van der Waals surface area contributed by atoms with Gasteiger partial charge >= 0.3 is 0 Å². The lowest BCUT2D eigenvalue weighted by Gasteiger charge is -2.12. The SMILES string of the molecule is Cc1cc(Br)c(NCc2ccccc2N)cc1Cl. The van der Waals surface area contributed by atoms with Gasteiger partial charge in [-0.2, -0.15) is 0 Å². The van der Waals surface area contributed by atoms with Crippen molar-refractivity contribution in [3.8, 4) is 0 Å². The van der Waals surface area contributed by atoms with Gasteiger partial charge in [-0.3, -0.25) is 0 Å². The number of para-hydroxylation sites is 1. The van der Waals surface area contributed by atoms with Crippen molar-refractivity contribution in [2.45, 2.75) is 13.5 Å². The van der Waals surface area contributed by atoms with E-state index < -0.39 is 0 Å². The Kier molecular flexibility index (Phi) is 4.15. The predicted molar refractivity (Wildman–Crippen MR) is 82.1 cm³/mol. The topological polar surface area (TPSA) is 38.0 Å². The average Bonchev–Trinajstić information content (AvgIpc) is 2.34. The first kappa shape index (κ1) is 13.2. The van der Waals surface area contributed by atoms with Crippen molar-refractivity contribution in [1.82, 2.24) is 0 Å². The van der Waals surface area contributed by atoms with Gasteiger partial charge in [0.2, 0.25) is 0 Å². The van der Waals surface area contributed by atoms with Crippen LogP contribution in [0.2, 0.25) is 5.02 Å². The van der Waals surface area contributed by atoms with E-state index in [-0.39, 0.29) is 0 Å². The number of nitrogen functional groups attached to an aromatic ring is 1. The lowest BCUT2D eigenvalue weighted by atomic mass is 10.1. The third-order valence-corrected chi connectivity index (χ3v) is 3.84. The molecular formula is C14H14BrClN2. The zero-order chi connectivity index (χ0) is 13.1. The van der Waals surface area contributed by atoms with Gasteiger partial charge in [0, 0.05) is 21.7 Å². The number of benzene rings is 2. The van der Waals surface area contributed by atoms with Gasteiger partial charge in [-0.1, -0.05) is 29.8 Å². The largest absolute Gasteiger partial charge is 0.398 e. The third kappa shape index (κ3) is 2.98. The first-order valence-electron chi connectivity index (χ1n) is 5.61. The van der Waals surface area contributed by atoms with Gasteiger partial charge in [0.1, 0.15) is 0 Å². The highest BCUT2D eigenvalue weighted by Crippen LogP contribution is 2.29. The Labute approximate surface area is 120 Å². The number of rotatable bonds is 3. The minimum atomic E-state index is 0.671. The molecule has 94 valence electrons. The van der Waals surface area contributed by atoms with Gasteiger partial charge in [0.25, 0.3) is 0 Å². The van der Waals surface area contributed by atoms with Crippen LogP contribution in [-0.2, 0) is 6.54 Å². The predicted octanol–water partition coefficient (Wildman–Crippen LogP) is 4.61. The smallest absolute Gasteiger partial charge is 0.0502 e. The summed E-state index contributed by atoms with van der Waals surface area (Å²) in [7, 11) is 0. The second-order valence-corrected chi connectivity index (χ2v) is 5.40. The number of anilines is 2. The zero-order valence-electron chi connectivity index (χ0n) is 10.0. The van der Waals surface area contributed by atoms with E-state index in [1.165, 1.54) is 0 Å². The maximum atomic E-state index is 6.11. The molecule has 2 aromatic rings. The molecule has 0 heterocycles. The average molecular weight is 326 g/mol. The van der Waals surface area contributed by atoms with Gasteiger partial charge in [0.05, 0.1) is 5.69 Å². The molecule has 2 aromatic carbocycles. The van der Waals surface area contributed by atoms with Crippen LogP contribution >= 0.6 is 27.5 Å². The molecule has 18 heavy (non-hydrogen) atoms. The van der Waals surface area contributed by atoms with E-state index in [0.29, 0.717) is 6.54 Å². The number of aryl methyl sites for hydroxylation is 1. The molecule has 2 nitrogen and oxygen atoms in total. The highest BCUT2D eigenvalue weighted by atomic mass is 79.9. The van der Waals surface area contributed by atoms with Gasteiger partial charge in [-0.25, -0.2) is 0 Å². The zero-order valence-corrected chi connectivity index (χ0v) is 12.3. The van der Waals surface area contributed by atoms with E-state index >= 15 is 0 Å². The van der Waals surface area contributed by atoms with Crippen molar-refractivity contribution in [3.63, 3.8) is 0 Å². The summed E-state index contributed by atoms with van der Waals surface area (Å²) in [5.74, 6) is 0. The van der Waals surface area contributed by atoms with Crippen molar-refractivity contribution in [2.24, 2.45) is 0 Å². The number of halogens is 2. The Morgan fingerprint density at radius 3 is 2.72 bits per heavy atom. The molecule has 0 atom stereocenters. The summed E-state index contributed by atoms with van der Waals surface area (Å²) in [5.41, 5.74) is 9.78. The summed E-state index contributed by atoms with van der Waals surface area (Å²) < 4.78 is 0.999. The van der Waals surface area contributed by atoms with E-state index in [4.69, 9.17) is 17.3 Å². The van der Waals surface area contributed by atoms with Crippen LogP contribution in [0.4, 0.5) is 11.4 Å². The Bertz CT molecular complexity index is 570. The Morgan fingerprint density at radius 2 is 2.00 bits per heavy atom. The van der Waals surface area contributed by atoms with Crippen LogP contribution < -0.4 is 11.1 Å². The molecule has 0 aliphatic rings. The lowest BCUT2D eigenvalue weighted by molar-refractivity contribution is 1.15. The van der Waals surface area contributed by atoms with Crippen LogP contribution in [0.25, 0.3) is 0 Å². The second-order valence-electron chi connectivity index (χ2n) is 4.13. The van der Waals surface area contributed by atoms with Crippen molar-refractivity contribution in [3.05, 3.63) is 57.0 Å². The Balaban J connectivity index is 2.16. The number of nitrogens with two attached hydrogens (primary N) is 1. The summed E-state index contributed by atoms with van der Waals surface area (Å²) >= 11 is 9.63. The van der Waals surface area contributed by atoms with E-state index in [2.05, 4.69) is 21.2 Å². The summed E-state index contributed by atoms with van der Waals surface area (Å²) in [6, 6.07) is 11.7. The highest BCUT2D eigenvalue weighted by molar-refractivity contribution is 9.10. The Morgan fingerprint density at radius 1 is 1.28 bits per heavy atom. The monoisotopic (exact) mass is 324 g/mol. The molecule has 3 N–H and O–H groups in total. The minimum Gasteiger partial charge on any atom is -0.398 e. The normalized spacial score (nSPS) is 10.4. The van der Waals surface area contributed by atoms with Gasteiger partial charge in [0.15, 0.2) is 0 Å². The summed E-state index contributed by atoms with van der Waals surface area (Å²) in [4.78, 5) is 0. The molecule has 0 bridgehead atoms. The van der Waals surface area contributed by atoms with Crippen LogP contribution in [0, 0.1) is 6.92 Å². The van der Waals surface area contributed by atoms with Gasteiger partial charge < -0.3 is 11.1 Å². The molecule has 0 aliphatic carbocycles.